The first-order valence-electron chi connectivity index (χ1n) is 8.87. The summed E-state index contributed by atoms with van der Waals surface area (Å²) in [6.07, 6.45) is -0.539. The highest BCUT2D eigenvalue weighted by Gasteiger charge is 2.50. The first-order valence-corrected chi connectivity index (χ1v) is 11.1. The van der Waals surface area contributed by atoms with E-state index in [1.54, 1.807) is 0 Å². The van der Waals surface area contributed by atoms with Gasteiger partial charge in [-0.2, -0.15) is 0 Å². The summed E-state index contributed by atoms with van der Waals surface area (Å²) in [5, 5.41) is 14.0. The van der Waals surface area contributed by atoms with Crippen LogP contribution in [0.2, 0.25) is 0 Å². The average molecular weight is 513 g/mol. The van der Waals surface area contributed by atoms with Crippen LogP contribution in [0.3, 0.4) is 0 Å². The molecular formula is C15H9B4BrFN5O5S. The number of rotatable bonds is 4. The average Bonchev–Trinajstić information content (AvgIpc) is 3.28. The van der Waals surface area contributed by atoms with Crippen LogP contribution >= 0.6 is 15.9 Å². The van der Waals surface area contributed by atoms with Crippen molar-refractivity contribution in [2.24, 2.45) is 0 Å². The first kappa shape index (κ1) is 22.9. The monoisotopic (exact) mass is 513 g/mol. The van der Waals surface area contributed by atoms with Crippen LogP contribution in [-0.4, -0.2) is 75.0 Å². The molecule has 0 spiro atoms. The number of hydrogen-bond acceptors (Lipinski definition) is 9. The fraction of sp³-hybridized carbons (Fsp3) is 0.333. The summed E-state index contributed by atoms with van der Waals surface area (Å²) in [6, 6.07) is 3.03. The van der Waals surface area contributed by atoms with Gasteiger partial charge in [0, 0.05) is 6.04 Å². The van der Waals surface area contributed by atoms with Gasteiger partial charge in [-0.3, -0.25) is 4.52 Å². The molecule has 156 valence electrons. The summed E-state index contributed by atoms with van der Waals surface area (Å²) in [5.41, 5.74) is 0.145. The van der Waals surface area contributed by atoms with E-state index in [1.807, 2.05) is 0 Å². The third-order valence-corrected chi connectivity index (χ3v) is 7.88. The molecule has 8 radical (unpaired) electrons. The van der Waals surface area contributed by atoms with E-state index in [0.29, 0.717) is 0 Å². The van der Waals surface area contributed by atoms with Gasteiger partial charge in [0.2, 0.25) is 11.6 Å². The molecule has 3 heterocycles. The summed E-state index contributed by atoms with van der Waals surface area (Å²) in [7, 11) is 18.8. The lowest BCUT2D eigenvalue weighted by Crippen LogP contribution is -2.62. The zero-order chi connectivity index (χ0) is 23.5. The van der Waals surface area contributed by atoms with E-state index in [2.05, 4.69) is 36.7 Å². The summed E-state index contributed by atoms with van der Waals surface area (Å²) < 4.78 is 44.6. The fourth-order valence-corrected chi connectivity index (χ4v) is 5.31. The molecule has 2 aromatic heterocycles. The second kappa shape index (κ2) is 7.65. The number of anilines is 1. The molecule has 1 aliphatic heterocycles. The number of aromatic nitrogens is 4. The molecule has 4 rings (SSSR count). The van der Waals surface area contributed by atoms with Crippen LogP contribution in [0, 0.1) is 5.82 Å². The van der Waals surface area contributed by atoms with Crippen molar-refractivity contribution in [3.05, 3.63) is 39.0 Å². The van der Waals surface area contributed by atoms with Crippen LogP contribution in [0.4, 0.5) is 10.2 Å². The second-order valence-electron chi connectivity index (χ2n) is 7.33. The Labute approximate surface area is 194 Å². The molecule has 1 N–H and O–H groups in total. The number of nitrogens with one attached hydrogen (secondary N) is 1. The van der Waals surface area contributed by atoms with Gasteiger partial charge < -0.3 is 5.32 Å². The lowest BCUT2D eigenvalue weighted by molar-refractivity contribution is 0.309. The molecule has 0 amide bonds. The maximum atomic E-state index is 13.6. The van der Waals surface area contributed by atoms with Gasteiger partial charge in [-0.05, 0) is 66.4 Å². The van der Waals surface area contributed by atoms with Crippen LogP contribution < -0.4 is 11.1 Å². The van der Waals surface area contributed by atoms with Crippen molar-refractivity contribution >= 4 is 63.0 Å². The van der Waals surface area contributed by atoms with Gasteiger partial charge >= 0.3 is 5.76 Å². The third-order valence-electron chi connectivity index (χ3n) is 4.94. The quantitative estimate of drug-likeness (QED) is 0.469. The van der Waals surface area contributed by atoms with Crippen LogP contribution in [0.1, 0.15) is 12.8 Å². The van der Waals surface area contributed by atoms with E-state index in [9.17, 15) is 17.6 Å². The molecule has 0 unspecified atom stereocenters. The Balaban J connectivity index is 1.71. The van der Waals surface area contributed by atoms with Crippen molar-refractivity contribution in [2.75, 3.05) is 5.32 Å². The third kappa shape index (κ3) is 3.64. The number of sulfone groups is 1. The maximum Gasteiger partial charge on any atom is 0.446 e. The predicted molar refractivity (Wildman–Crippen MR) is 117 cm³/mol. The molecular weight excluding hydrogens is 504 g/mol. The predicted octanol–water partition coefficient (Wildman–Crippen LogP) is -0.252. The topological polar surface area (TPSA) is 133 Å². The number of halogens is 2. The van der Waals surface area contributed by atoms with E-state index in [0.717, 1.165) is 10.6 Å². The minimum Gasteiger partial charge on any atom is -0.363 e. The molecule has 3 aromatic rings. The molecule has 1 aromatic carbocycles. The first-order chi connectivity index (χ1) is 14.8. The lowest BCUT2D eigenvalue weighted by Gasteiger charge is -2.46. The Morgan fingerprint density at radius 1 is 1.16 bits per heavy atom. The Kier molecular flexibility index (Phi) is 5.47. The Morgan fingerprint density at radius 2 is 1.81 bits per heavy atom. The Hall–Kier alpha value is -2.28. The fourth-order valence-electron chi connectivity index (χ4n) is 3.39. The number of benzene rings is 1. The molecule has 32 heavy (non-hydrogen) atoms. The van der Waals surface area contributed by atoms with Gasteiger partial charge in [-0.1, -0.05) is 5.16 Å². The van der Waals surface area contributed by atoms with E-state index in [1.165, 1.54) is 12.1 Å². The van der Waals surface area contributed by atoms with E-state index < -0.39 is 36.5 Å². The van der Waals surface area contributed by atoms with E-state index in [4.69, 9.17) is 40.5 Å². The Morgan fingerprint density at radius 3 is 2.44 bits per heavy atom. The minimum absolute atomic E-state index is 0.0378. The normalized spacial score (nSPS) is 19.6. The van der Waals surface area contributed by atoms with E-state index in [-0.39, 0.29) is 40.3 Å². The smallest absolute Gasteiger partial charge is 0.363 e. The lowest BCUT2D eigenvalue weighted by atomic mass is 9.60. The number of nitrogens with zero attached hydrogens (tertiary/aromatic N) is 4. The molecule has 0 atom stereocenters. The van der Waals surface area contributed by atoms with Crippen LogP contribution in [0.5, 0.6) is 0 Å². The summed E-state index contributed by atoms with van der Waals surface area (Å²) in [5.74, 6) is -1.60. The Bertz CT molecular complexity index is 1330. The highest BCUT2D eigenvalue weighted by atomic mass is 79.9. The number of hydrogen-bond donors (Lipinski definition) is 1. The molecule has 0 saturated carbocycles. The van der Waals surface area contributed by atoms with Gasteiger partial charge in [0.1, 0.15) is 15.7 Å². The van der Waals surface area contributed by atoms with Gasteiger partial charge in [-0.25, -0.2) is 26.8 Å². The van der Waals surface area contributed by atoms with Crippen molar-refractivity contribution in [3.8, 4) is 17.2 Å². The van der Waals surface area contributed by atoms with Gasteiger partial charge in [-0.15, -0.1) is 0 Å². The molecule has 10 nitrogen and oxygen atoms in total. The maximum absolute atomic E-state index is 13.6. The van der Waals surface area contributed by atoms with Crippen LogP contribution in [0.25, 0.3) is 17.2 Å². The summed E-state index contributed by atoms with van der Waals surface area (Å²) >= 11 is 3.04. The van der Waals surface area contributed by atoms with Gasteiger partial charge in [0.05, 0.1) is 41.5 Å². The van der Waals surface area contributed by atoms with Crippen LogP contribution in [0.15, 0.2) is 36.6 Å². The zero-order valence-corrected chi connectivity index (χ0v) is 18.4. The molecule has 0 aliphatic carbocycles. The molecule has 0 bridgehead atoms. The van der Waals surface area contributed by atoms with Crippen molar-refractivity contribution in [2.45, 2.75) is 28.0 Å². The summed E-state index contributed by atoms with van der Waals surface area (Å²) in [4.78, 5) is 12.3. The second-order valence-corrected chi connectivity index (χ2v) is 10.7. The highest BCUT2D eigenvalue weighted by Crippen LogP contribution is 2.37. The van der Waals surface area contributed by atoms with E-state index >= 15 is 0 Å². The standard InChI is InChI=1S/C15H9B4BrFN5O5S/c16-14(17)4-6(5-15(18,19)32(14,28)29)22-11-10(23-31-24-11)12-25-30-13(27)26(12)7-1-2-9(21)8(20)3-7/h1-3,6H,4-5H2,(H,22,24). The minimum atomic E-state index is -4.26. The SMILES string of the molecule is [B]C1([B])CC(Nc2nonc2-c2noc(=O)n2-c2ccc(F)c(Br)c2)CC([B])([B])S1(=O)=O. The zero-order valence-electron chi connectivity index (χ0n) is 16.0. The molecule has 1 saturated heterocycles. The van der Waals surface area contributed by atoms with Crippen molar-refractivity contribution in [3.63, 3.8) is 0 Å². The van der Waals surface area contributed by atoms with Crippen molar-refractivity contribution in [1.29, 1.82) is 0 Å². The van der Waals surface area contributed by atoms with Gasteiger partial charge in [0.25, 0.3) is 0 Å². The van der Waals surface area contributed by atoms with Crippen LogP contribution in [-0.2, 0) is 9.84 Å². The molecule has 1 aliphatic rings. The highest BCUT2D eigenvalue weighted by molar-refractivity contribution is 9.10. The molecule has 17 heteroatoms. The summed E-state index contributed by atoms with van der Waals surface area (Å²) in [6.45, 7) is 0. The van der Waals surface area contributed by atoms with Gasteiger partial charge in [0.15, 0.2) is 5.69 Å². The van der Waals surface area contributed by atoms with Crippen molar-refractivity contribution < 1.29 is 22.0 Å². The molecule has 1 fully saturated rings. The van der Waals surface area contributed by atoms with Crippen molar-refractivity contribution in [1.82, 2.24) is 20.0 Å². The largest absolute Gasteiger partial charge is 0.446 e.